The Kier molecular flexibility index (Phi) is 5.59. The molecule has 0 aliphatic carbocycles. The number of rotatable bonds is 5. The Bertz CT molecular complexity index is 976. The van der Waals surface area contributed by atoms with E-state index < -0.39 is 0 Å². The molecule has 28 heavy (non-hydrogen) atoms. The largest absolute Gasteiger partial charge is 0.378 e. The van der Waals surface area contributed by atoms with Crippen molar-refractivity contribution in [3.63, 3.8) is 0 Å². The smallest absolute Gasteiger partial charge is 0.274 e. The number of benzene rings is 2. The van der Waals surface area contributed by atoms with Crippen LogP contribution in [0.25, 0.3) is 0 Å². The van der Waals surface area contributed by atoms with E-state index in [9.17, 15) is 4.79 Å². The number of para-hydroxylation sites is 1. The maximum atomic E-state index is 12.7. The molecule has 144 valence electrons. The lowest BCUT2D eigenvalue weighted by Crippen LogP contribution is -2.16. The van der Waals surface area contributed by atoms with Crippen molar-refractivity contribution in [2.45, 2.75) is 20.8 Å². The number of hydrogen-bond acceptors (Lipinski definition) is 5. The molecule has 0 saturated heterocycles. The third kappa shape index (κ3) is 4.46. The van der Waals surface area contributed by atoms with Gasteiger partial charge < -0.3 is 15.5 Å². The number of hydrogen-bond donors (Lipinski definition) is 2. The summed E-state index contributed by atoms with van der Waals surface area (Å²) < 4.78 is 0. The Balaban J connectivity index is 1.81. The zero-order valence-corrected chi connectivity index (χ0v) is 16.9. The molecule has 1 aromatic heterocycles. The first-order valence-corrected chi connectivity index (χ1v) is 9.11. The highest BCUT2D eigenvalue weighted by molar-refractivity contribution is 6.03. The number of aryl methyl sites for hydroxylation is 3. The fraction of sp³-hybridized carbons (Fsp3) is 0.227. The number of anilines is 4. The van der Waals surface area contributed by atoms with Crippen molar-refractivity contribution < 1.29 is 4.79 Å². The van der Waals surface area contributed by atoms with Crippen LogP contribution in [0.5, 0.6) is 0 Å². The molecule has 0 aliphatic rings. The van der Waals surface area contributed by atoms with E-state index in [1.165, 1.54) is 0 Å². The van der Waals surface area contributed by atoms with E-state index in [2.05, 4.69) is 20.6 Å². The van der Waals surface area contributed by atoms with Gasteiger partial charge in [0.25, 0.3) is 5.91 Å². The maximum absolute atomic E-state index is 12.7. The summed E-state index contributed by atoms with van der Waals surface area (Å²) in [6, 6.07) is 15.4. The van der Waals surface area contributed by atoms with Crippen molar-refractivity contribution in [1.29, 1.82) is 0 Å². The summed E-state index contributed by atoms with van der Waals surface area (Å²) in [5, 5.41) is 6.21. The normalized spacial score (nSPS) is 10.5. The van der Waals surface area contributed by atoms with E-state index in [1.807, 2.05) is 75.3 Å². The SMILES string of the molecule is Cc1nc(Nc2c(C)cccc2C)cc(C(=O)Nc2ccc(N(C)C)cc2)n1. The Morgan fingerprint density at radius 1 is 0.929 bits per heavy atom. The zero-order valence-electron chi connectivity index (χ0n) is 16.9. The average Bonchev–Trinajstić information content (AvgIpc) is 2.65. The summed E-state index contributed by atoms with van der Waals surface area (Å²) in [6.07, 6.45) is 0. The molecule has 0 atom stereocenters. The Hall–Kier alpha value is -3.41. The minimum absolute atomic E-state index is 0.271. The van der Waals surface area contributed by atoms with Crippen molar-refractivity contribution >= 4 is 28.8 Å². The van der Waals surface area contributed by atoms with Crippen molar-refractivity contribution in [1.82, 2.24) is 9.97 Å². The van der Waals surface area contributed by atoms with Gasteiger partial charge in [0, 0.05) is 37.2 Å². The van der Waals surface area contributed by atoms with Gasteiger partial charge in [-0.3, -0.25) is 4.79 Å². The molecule has 0 aliphatic heterocycles. The molecule has 0 bridgehead atoms. The molecule has 6 heteroatoms. The molecule has 2 N–H and O–H groups in total. The lowest BCUT2D eigenvalue weighted by atomic mass is 10.1. The highest BCUT2D eigenvalue weighted by Crippen LogP contribution is 2.24. The summed E-state index contributed by atoms with van der Waals surface area (Å²) in [5.74, 6) is 0.856. The summed E-state index contributed by atoms with van der Waals surface area (Å²) in [4.78, 5) is 23.4. The van der Waals surface area contributed by atoms with E-state index >= 15 is 0 Å². The van der Waals surface area contributed by atoms with E-state index in [4.69, 9.17) is 0 Å². The van der Waals surface area contributed by atoms with Gasteiger partial charge in [0.05, 0.1) is 0 Å². The highest BCUT2D eigenvalue weighted by Gasteiger charge is 2.12. The van der Waals surface area contributed by atoms with Crippen molar-refractivity contribution in [3.05, 3.63) is 71.2 Å². The Morgan fingerprint density at radius 2 is 1.57 bits per heavy atom. The minimum atomic E-state index is -0.271. The monoisotopic (exact) mass is 375 g/mol. The number of nitrogens with one attached hydrogen (secondary N) is 2. The minimum Gasteiger partial charge on any atom is -0.378 e. The van der Waals surface area contributed by atoms with Gasteiger partial charge in [0.15, 0.2) is 0 Å². The first-order chi connectivity index (χ1) is 13.3. The summed E-state index contributed by atoms with van der Waals surface area (Å²) in [6.45, 7) is 5.85. The molecule has 0 saturated carbocycles. The fourth-order valence-corrected chi connectivity index (χ4v) is 2.93. The Morgan fingerprint density at radius 3 is 2.18 bits per heavy atom. The van der Waals surface area contributed by atoms with Crippen LogP contribution in [0.15, 0.2) is 48.5 Å². The molecular weight excluding hydrogens is 350 g/mol. The number of carbonyl (C=O) groups is 1. The molecule has 3 aromatic rings. The van der Waals surface area contributed by atoms with Crippen LogP contribution in [0.4, 0.5) is 22.9 Å². The van der Waals surface area contributed by atoms with E-state index in [-0.39, 0.29) is 5.91 Å². The van der Waals surface area contributed by atoms with Gasteiger partial charge >= 0.3 is 0 Å². The van der Waals surface area contributed by atoms with Crippen molar-refractivity contribution in [3.8, 4) is 0 Å². The molecule has 1 amide bonds. The van der Waals surface area contributed by atoms with E-state index in [1.54, 1.807) is 13.0 Å². The van der Waals surface area contributed by atoms with Gasteiger partial charge in [-0.15, -0.1) is 0 Å². The predicted octanol–water partition coefficient (Wildman–Crippen LogP) is 4.46. The van der Waals surface area contributed by atoms with Crippen molar-refractivity contribution in [2.75, 3.05) is 29.6 Å². The summed E-state index contributed by atoms with van der Waals surface area (Å²) in [7, 11) is 3.95. The topological polar surface area (TPSA) is 70.2 Å². The lowest BCUT2D eigenvalue weighted by Gasteiger charge is -2.14. The zero-order chi connectivity index (χ0) is 20.3. The second-order valence-corrected chi connectivity index (χ2v) is 6.97. The number of carbonyl (C=O) groups excluding carboxylic acids is 1. The maximum Gasteiger partial charge on any atom is 0.274 e. The van der Waals surface area contributed by atoms with Gasteiger partial charge in [0.1, 0.15) is 17.3 Å². The van der Waals surface area contributed by atoms with Crippen LogP contribution < -0.4 is 15.5 Å². The lowest BCUT2D eigenvalue weighted by molar-refractivity contribution is 0.102. The van der Waals surface area contributed by atoms with Crippen LogP contribution >= 0.6 is 0 Å². The van der Waals surface area contributed by atoms with Crippen LogP contribution in [-0.2, 0) is 0 Å². The van der Waals surface area contributed by atoms with Gasteiger partial charge in [-0.2, -0.15) is 0 Å². The standard InChI is InChI=1S/C22H25N5O/c1-14-7-6-8-15(2)21(14)26-20-13-19(23-16(3)24-20)22(28)25-17-9-11-18(12-10-17)27(4)5/h6-13H,1-5H3,(H,25,28)(H,23,24,26). The average molecular weight is 375 g/mol. The van der Waals surface area contributed by atoms with Gasteiger partial charge in [-0.1, -0.05) is 18.2 Å². The van der Waals surface area contributed by atoms with Crippen LogP contribution in [0.1, 0.15) is 27.4 Å². The summed E-state index contributed by atoms with van der Waals surface area (Å²) in [5.41, 5.74) is 5.32. The predicted molar refractivity (Wildman–Crippen MR) is 115 cm³/mol. The first-order valence-electron chi connectivity index (χ1n) is 9.11. The molecule has 0 fully saturated rings. The number of aromatic nitrogens is 2. The molecule has 6 nitrogen and oxygen atoms in total. The molecule has 2 aromatic carbocycles. The molecule has 3 rings (SSSR count). The molecule has 0 spiro atoms. The van der Waals surface area contributed by atoms with Crippen LogP contribution in [-0.4, -0.2) is 30.0 Å². The first kappa shape index (κ1) is 19.4. The van der Waals surface area contributed by atoms with Crippen molar-refractivity contribution in [2.24, 2.45) is 0 Å². The van der Waals surface area contributed by atoms with Gasteiger partial charge in [-0.05, 0) is 56.2 Å². The van der Waals surface area contributed by atoms with Gasteiger partial charge in [0.2, 0.25) is 0 Å². The van der Waals surface area contributed by atoms with E-state index in [0.29, 0.717) is 17.3 Å². The third-order valence-corrected chi connectivity index (χ3v) is 4.45. The van der Waals surface area contributed by atoms with Crippen LogP contribution in [0, 0.1) is 20.8 Å². The quantitative estimate of drug-likeness (QED) is 0.689. The second-order valence-electron chi connectivity index (χ2n) is 6.97. The highest BCUT2D eigenvalue weighted by atomic mass is 16.1. The molecule has 0 radical (unpaired) electrons. The van der Waals surface area contributed by atoms with Gasteiger partial charge in [-0.25, -0.2) is 9.97 Å². The second kappa shape index (κ2) is 8.08. The Labute approximate surface area is 165 Å². The van der Waals surface area contributed by atoms with E-state index in [0.717, 1.165) is 28.2 Å². The number of nitrogens with zero attached hydrogens (tertiary/aromatic N) is 3. The number of amides is 1. The summed E-state index contributed by atoms with van der Waals surface area (Å²) >= 11 is 0. The third-order valence-electron chi connectivity index (χ3n) is 4.45. The molecular formula is C22H25N5O. The van der Waals surface area contributed by atoms with Crippen LogP contribution in [0.3, 0.4) is 0 Å². The fourth-order valence-electron chi connectivity index (χ4n) is 2.93. The van der Waals surface area contributed by atoms with Crippen LogP contribution in [0.2, 0.25) is 0 Å². The molecule has 0 unspecified atom stereocenters. The molecule has 1 heterocycles.